The van der Waals surface area contributed by atoms with Gasteiger partial charge in [0.05, 0.1) is 11.1 Å². The Labute approximate surface area is 179 Å². The lowest BCUT2D eigenvalue weighted by atomic mass is 9.64. The SMILES string of the molecule is COC12CC(C)CC(CC(NC(=O)CC(C)c3[nH]nc4cccc(C5CC5)c34)C1)C2. The minimum Gasteiger partial charge on any atom is -0.378 e. The molecule has 3 aliphatic rings. The van der Waals surface area contributed by atoms with Gasteiger partial charge < -0.3 is 10.1 Å². The number of carbonyl (C=O) groups excluding carboxylic acids is 1. The number of nitrogens with zero attached hydrogens (tertiary/aromatic N) is 1. The standard InChI is InChI=1S/C25H35N3O2/c1-15-9-17-11-19(14-25(12-15,13-17)30-3)26-22(29)10-16(2)24-23-20(18-7-8-18)5-4-6-21(23)27-28-24/h4-6,15-19H,7-14H2,1-3H3,(H,26,29)(H,27,28). The molecule has 5 atom stereocenters. The minimum atomic E-state index is -0.0388. The van der Waals surface area contributed by atoms with Crippen molar-refractivity contribution in [2.75, 3.05) is 7.11 Å². The third-order valence-corrected chi connectivity index (χ3v) is 7.79. The lowest BCUT2D eigenvalue weighted by molar-refractivity contribution is -0.127. The highest BCUT2D eigenvalue weighted by Gasteiger charge is 2.46. The maximum absolute atomic E-state index is 13.0. The third kappa shape index (κ3) is 3.77. The van der Waals surface area contributed by atoms with Gasteiger partial charge in [-0.15, -0.1) is 0 Å². The summed E-state index contributed by atoms with van der Waals surface area (Å²) in [6, 6.07) is 6.64. The smallest absolute Gasteiger partial charge is 0.220 e. The van der Waals surface area contributed by atoms with Gasteiger partial charge in [0, 0.05) is 36.6 Å². The topological polar surface area (TPSA) is 67.0 Å². The van der Waals surface area contributed by atoms with E-state index in [4.69, 9.17) is 4.74 Å². The molecule has 162 valence electrons. The van der Waals surface area contributed by atoms with Crippen LogP contribution in [0.5, 0.6) is 0 Å². The second kappa shape index (κ2) is 7.67. The molecule has 30 heavy (non-hydrogen) atoms. The third-order valence-electron chi connectivity index (χ3n) is 7.79. The number of hydrogen-bond donors (Lipinski definition) is 2. The van der Waals surface area contributed by atoms with Crippen LogP contribution < -0.4 is 5.32 Å². The van der Waals surface area contributed by atoms with Crippen LogP contribution in [0.1, 0.15) is 88.3 Å². The van der Waals surface area contributed by atoms with Crippen LogP contribution in [0.25, 0.3) is 10.9 Å². The number of nitrogens with one attached hydrogen (secondary N) is 2. The summed E-state index contributed by atoms with van der Waals surface area (Å²) in [7, 11) is 1.85. The highest BCUT2D eigenvalue weighted by molar-refractivity contribution is 5.87. The van der Waals surface area contributed by atoms with E-state index >= 15 is 0 Å². The second-order valence-electron chi connectivity index (χ2n) is 10.5. The van der Waals surface area contributed by atoms with Gasteiger partial charge in [-0.25, -0.2) is 0 Å². The Kier molecular flexibility index (Phi) is 5.12. The van der Waals surface area contributed by atoms with Crippen LogP contribution in [-0.2, 0) is 9.53 Å². The van der Waals surface area contributed by atoms with Gasteiger partial charge in [-0.2, -0.15) is 5.10 Å². The first kappa shape index (κ1) is 20.0. The summed E-state index contributed by atoms with van der Waals surface area (Å²) in [4.78, 5) is 13.0. The van der Waals surface area contributed by atoms with E-state index < -0.39 is 0 Å². The van der Waals surface area contributed by atoms with E-state index in [1.165, 1.54) is 30.2 Å². The van der Waals surface area contributed by atoms with Crippen LogP contribution in [0.3, 0.4) is 0 Å². The fraction of sp³-hybridized carbons (Fsp3) is 0.680. The Hall–Kier alpha value is -1.88. The number of hydrogen-bond acceptors (Lipinski definition) is 3. The van der Waals surface area contributed by atoms with Crippen molar-refractivity contribution in [1.29, 1.82) is 0 Å². The number of carbonyl (C=O) groups is 1. The fourth-order valence-corrected chi connectivity index (χ4v) is 6.50. The first-order valence-corrected chi connectivity index (χ1v) is 11.8. The van der Waals surface area contributed by atoms with Crippen LogP contribution in [0.2, 0.25) is 0 Å². The molecule has 0 aliphatic heterocycles. The van der Waals surface area contributed by atoms with E-state index in [2.05, 4.69) is 47.6 Å². The van der Waals surface area contributed by atoms with Crippen molar-refractivity contribution in [3.63, 3.8) is 0 Å². The molecule has 5 unspecified atom stereocenters. The lowest BCUT2D eigenvalue weighted by Crippen LogP contribution is -2.52. The number of fused-ring (bicyclic) bond motifs is 3. The zero-order valence-corrected chi connectivity index (χ0v) is 18.5. The normalized spacial score (nSPS) is 32.2. The molecule has 0 spiro atoms. The summed E-state index contributed by atoms with van der Waals surface area (Å²) in [6.45, 7) is 4.48. The number of aromatic amines is 1. The van der Waals surface area contributed by atoms with Crippen molar-refractivity contribution in [1.82, 2.24) is 15.5 Å². The van der Waals surface area contributed by atoms with Crippen molar-refractivity contribution in [3.8, 4) is 0 Å². The molecule has 2 bridgehead atoms. The predicted octanol–water partition coefficient (Wildman–Crippen LogP) is 5.03. The highest BCUT2D eigenvalue weighted by atomic mass is 16.5. The first-order valence-electron chi connectivity index (χ1n) is 11.8. The van der Waals surface area contributed by atoms with Crippen LogP contribution in [-0.4, -0.2) is 34.9 Å². The molecule has 1 amide bonds. The van der Waals surface area contributed by atoms with Gasteiger partial charge in [-0.1, -0.05) is 26.0 Å². The van der Waals surface area contributed by atoms with Gasteiger partial charge in [-0.05, 0) is 74.3 Å². The molecular formula is C25H35N3O2. The van der Waals surface area contributed by atoms with Crippen LogP contribution in [0.4, 0.5) is 0 Å². The zero-order chi connectivity index (χ0) is 20.9. The monoisotopic (exact) mass is 409 g/mol. The minimum absolute atomic E-state index is 0.0388. The summed E-state index contributed by atoms with van der Waals surface area (Å²) < 4.78 is 6.00. The molecule has 2 aromatic rings. The van der Waals surface area contributed by atoms with Gasteiger partial charge in [0.1, 0.15) is 0 Å². The molecule has 3 saturated carbocycles. The van der Waals surface area contributed by atoms with Gasteiger partial charge >= 0.3 is 0 Å². The molecule has 5 nitrogen and oxygen atoms in total. The molecule has 1 aromatic carbocycles. The average molecular weight is 410 g/mol. The summed E-state index contributed by atoms with van der Waals surface area (Å²) in [6.07, 6.45) is 8.60. The number of rotatable bonds is 6. The zero-order valence-electron chi connectivity index (χ0n) is 18.5. The van der Waals surface area contributed by atoms with Crippen molar-refractivity contribution in [3.05, 3.63) is 29.5 Å². The molecule has 3 fully saturated rings. The largest absolute Gasteiger partial charge is 0.378 e. The Bertz CT molecular complexity index is 930. The van der Waals surface area contributed by atoms with Crippen molar-refractivity contribution < 1.29 is 9.53 Å². The summed E-state index contributed by atoms with van der Waals surface area (Å²) in [5.41, 5.74) is 3.51. The van der Waals surface area contributed by atoms with E-state index in [1.807, 2.05) is 7.11 Å². The average Bonchev–Trinajstić information content (AvgIpc) is 3.44. The summed E-state index contributed by atoms with van der Waals surface area (Å²) >= 11 is 0. The first-order chi connectivity index (χ1) is 14.5. The quantitative estimate of drug-likeness (QED) is 0.703. The highest BCUT2D eigenvalue weighted by Crippen LogP contribution is 2.47. The Balaban J connectivity index is 1.27. The maximum Gasteiger partial charge on any atom is 0.220 e. The number of methoxy groups -OCH3 is 1. The van der Waals surface area contributed by atoms with E-state index in [0.717, 1.165) is 42.8 Å². The number of H-pyrrole nitrogens is 1. The molecule has 5 rings (SSSR count). The van der Waals surface area contributed by atoms with Crippen LogP contribution >= 0.6 is 0 Å². The Morgan fingerprint density at radius 1 is 1.30 bits per heavy atom. The van der Waals surface area contributed by atoms with E-state index in [0.29, 0.717) is 18.3 Å². The predicted molar refractivity (Wildman–Crippen MR) is 119 cm³/mol. The van der Waals surface area contributed by atoms with Gasteiger partial charge in [0.25, 0.3) is 0 Å². The molecule has 5 heteroatoms. The molecule has 1 heterocycles. The van der Waals surface area contributed by atoms with Gasteiger partial charge in [-0.3, -0.25) is 9.89 Å². The number of aromatic nitrogens is 2. The van der Waals surface area contributed by atoms with E-state index in [1.54, 1.807) is 0 Å². The Morgan fingerprint density at radius 2 is 2.13 bits per heavy atom. The number of ether oxygens (including phenoxy) is 1. The lowest BCUT2D eigenvalue weighted by Gasteiger charge is -2.49. The molecular weight excluding hydrogens is 374 g/mol. The molecule has 2 N–H and O–H groups in total. The Morgan fingerprint density at radius 3 is 2.90 bits per heavy atom. The number of benzene rings is 1. The van der Waals surface area contributed by atoms with Gasteiger partial charge in [0.15, 0.2) is 0 Å². The van der Waals surface area contributed by atoms with E-state index in [9.17, 15) is 4.79 Å². The number of amides is 1. The second-order valence-corrected chi connectivity index (χ2v) is 10.5. The summed E-state index contributed by atoms with van der Waals surface area (Å²) in [5, 5.41) is 12.4. The molecule has 3 aliphatic carbocycles. The van der Waals surface area contributed by atoms with Crippen LogP contribution in [0.15, 0.2) is 18.2 Å². The fourth-order valence-electron chi connectivity index (χ4n) is 6.50. The van der Waals surface area contributed by atoms with E-state index in [-0.39, 0.29) is 23.5 Å². The molecule has 1 aromatic heterocycles. The maximum atomic E-state index is 13.0. The van der Waals surface area contributed by atoms with Gasteiger partial charge in [0.2, 0.25) is 5.91 Å². The molecule has 0 radical (unpaired) electrons. The molecule has 0 saturated heterocycles. The summed E-state index contributed by atoms with van der Waals surface area (Å²) in [5.74, 6) is 2.32. The van der Waals surface area contributed by atoms with Crippen molar-refractivity contribution in [2.24, 2.45) is 11.8 Å². The van der Waals surface area contributed by atoms with Crippen LogP contribution in [0, 0.1) is 11.8 Å². The van der Waals surface area contributed by atoms with Crippen molar-refractivity contribution >= 4 is 16.8 Å². The van der Waals surface area contributed by atoms with Crippen molar-refractivity contribution in [2.45, 2.75) is 88.7 Å².